The number of hydrogen-bond acceptors (Lipinski definition) is 7. The zero-order valence-electron chi connectivity index (χ0n) is 36.5. The number of benzene rings is 11. The molecule has 0 aliphatic rings. The molecule has 1 aromatic heterocycles. The third-order valence-corrected chi connectivity index (χ3v) is 14.3. The minimum atomic E-state index is -2.10. The van der Waals surface area contributed by atoms with Crippen molar-refractivity contribution in [2.45, 2.75) is 12.8 Å². The third kappa shape index (κ3) is 6.00. The predicted octanol–water partition coefficient (Wildman–Crippen LogP) is 15.8. The molecule has 65 heavy (non-hydrogen) atoms. The molecule has 12 rings (SSSR count). The van der Waals surface area contributed by atoms with Gasteiger partial charge in [-0.15, -0.1) is 0 Å². The maximum absolute atomic E-state index is 7.38. The summed E-state index contributed by atoms with van der Waals surface area (Å²) < 4.78 is 46.8. The Hall–Kier alpha value is -7.44. The van der Waals surface area contributed by atoms with E-state index in [-0.39, 0.29) is 5.92 Å². The van der Waals surface area contributed by atoms with E-state index in [2.05, 4.69) is 153 Å². The van der Waals surface area contributed by atoms with Crippen molar-refractivity contribution in [1.29, 1.82) is 0 Å². The first-order valence-electron chi connectivity index (χ1n) is 21.7. The fraction of sp³-hybridized carbons (Fsp3) is 0.123. The first-order chi connectivity index (χ1) is 32.0. The van der Waals surface area contributed by atoms with E-state index in [1.165, 1.54) is 0 Å². The molecule has 1 atom stereocenters. The Morgan fingerprint density at radius 1 is 0.385 bits per heavy atom. The van der Waals surface area contributed by atoms with E-state index < -0.39 is 8.24 Å². The third-order valence-electron chi connectivity index (χ3n) is 13.3. The Morgan fingerprint density at radius 3 is 1.26 bits per heavy atom. The number of hydrogen-bond donors (Lipinski definition) is 0. The Bertz CT molecular complexity index is 3740. The lowest BCUT2D eigenvalue weighted by atomic mass is 9.90. The smallest absolute Gasteiger partial charge is 0.387 e. The minimum Gasteiger partial charge on any atom is -0.496 e. The van der Waals surface area contributed by atoms with Crippen molar-refractivity contribution < 1.29 is 31.9 Å². The lowest BCUT2D eigenvalue weighted by Gasteiger charge is -2.17. The van der Waals surface area contributed by atoms with Crippen molar-refractivity contribution in [2.75, 3.05) is 35.0 Å². The standard InChI is InChI=1S/C57H43O7P/c1-32(33-13-7-6-8-14-33)31-62-65-63-56-42(27-48(60-4)44-29-46(58-2)40-25-23-36-21-19-34-15-9-11-17-38(34)50(36)52(40)54(44)56)43-28-49(61-5)45-30-47(59-3)41-26-24-37-22-20-35-16-10-12-18-39(35)51(37)53(41)55(45)57(43)64-65/h6-30,32H,31H2,1-5H3/t32-/m1/s1. The zero-order chi connectivity index (χ0) is 43.9. The highest BCUT2D eigenvalue weighted by molar-refractivity contribution is 7.31. The van der Waals surface area contributed by atoms with Crippen molar-refractivity contribution in [3.63, 3.8) is 0 Å². The van der Waals surface area contributed by atoms with Crippen LogP contribution in [0.2, 0.25) is 0 Å². The van der Waals surface area contributed by atoms with Crippen LogP contribution in [0.15, 0.2) is 160 Å². The SMILES string of the molecule is COc1cc2c3cc(OC)c4cc(OC)c5ccc6ccc7ccccc7c6c5c4c3op(OC[C@@H](C)c3ccccc3)oc2c2c1cc(OC)c1ccc3ccc4ccccc4c3c12. The van der Waals surface area contributed by atoms with Crippen LogP contribution in [0, 0.1) is 0 Å². The highest BCUT2D eigenvalue weighted by Gasteiger charge is 2.25. The van der Waals surface area contributed by atoms with Gasteiger partial charge in [-0.1, -0.05) is 122 Å². The van der Waals surface area contributed by atoms with Gasteiger partial charge in [0.05, 0.1) is 35.0 Å². The van der Waals surface area contributed by atoms with Crippen LogP contribution in [0.25, 0.3) is 108 Å². The summed E-state index contributed by atoms with van der Waals surface area (Å²) in [5.74, 6) is 2.83. The molecule has 0 saturated heterocycles. The highest BCUT2D eigenvalue weighted by atomic mass is 31.1. The lowest BCUT2D eigenvalue weighted by molar-refractivity contribution is 0.349. The van der Waals surface area contributed by atoms with Gasteiger partial charge >= 0.3 is 8.24 Å². The second kappa shape index (κ2) is 15.4. The van der Waals surface area contributed by atoms with Crippen LogP contribution in [0.5, 0.6) is 23.0 Å². The monoisotopic (exact) mass is 870 g/mol. The number of fused-ring (bicyclic) bond motifs is 19. The number of rotatable bonds is 8. The maximum Gasteiger partial charge on any atom is 0.387 e. The molecule has 318 valence electrons. The van der Waals surface area contributed by atoms with Crippen LogP contribution >= 0.6 is 8.24 Å². The fourth-order valence-corrected chi connectivity index (χ4v) is 11.3. The summed E-state index contributed by atoms with van der Waals surface area (Å²) in [5.41, 5.74) is 2.41. The van der Waals surface area contributed by atoms with E-state index in [0.29, 0.717) is 29.3 Å². The molecule has 0 spiro atoms. The van der Waals surface area contributed by atoms with Gasteiger partial charge in [-0.05, 0) is 85.1 Å². The molecule has 0 amide bonds. The van der Waals surface area contributed by atoms with Crippen molar-refractivity contribution in [3.8, 4) is 23.0 Å². The van der Waals surface area contributed by atoms with Gasteiger partial charge in [0.2, 0.25) is 0 Å². The fourth-order valence-electron chi connectivity index (χ4n) is 10.2. The van der Waals surface area contributed by atoms with E-state index >= 15 is 0 Å². The summed E-state index contributed by atoms with van der Waals surface area (Å²) in [7, 11) is 4.76. The molecule has 0 aliphatic heterocycles. The van der Waals surface area contributed by atoms with Gasteiger partial charge in [0.1, 0.15) is 23.0 Å². The summed E-state index contributed by atoms with van der Waals surface area (Å²) in [6.45, 7) is 2.52. The van der Waals surface area contributed by atoms with Crippen molar-refractivity contribution >= 4 is 116 Å². The molecule has 11 aromatic carbocycles. The van der Waals surface area contributed by atoms with Gasteiger partial charge in [-0.25, -0.2) is 0 Å². The molecule has 0 saturated carbocycles. The molecule has 0 bridgehead atoms. The second-order valence-electron chi connectivity index (χ2n) is 16.7. The molecular weight excluding hydrogens is 828 g/mol. The first-order valence-corrected chi connectivity index (χ1v) is 22.8. The summed E-state index contributed by atoms with van der Waals surface area (Å²) in [4.78, 5) is 0. The van der Waals surface area contributed by atoms with Crippen LogP contribution < -0.4 is 23.5 Å². The predicted molar refractivity (Wildman–Crippen MR) is 269 cm³/mol. The Morgan fingerprint density at radius 2 is 0.785 bits per heavy atom. The van der Waals surface area contributed by atoms with Gasteiger partial charge in [0, 0.05) is 59.8 Å². The molecule has 8 heteroatoms. The molecule has 0 N–H and O–H groups in total. The van der Waals surface area contributed by atoms with Crippen LogP contribution in [-0.4, -0.2) is 35.0 Å². The van der Waals surface area contributed by atoms with Gasteiger partial charge in [-0.2, -0.15) is 0 Å². The molecule has 0 radical (unpaired) electrons. The molecule has 1 heterocycles. The van der Waals surface area contributed by atoms with Gasteiger partial charge in [-0.3, -0.25) is 4.52 Å². The van der Waals surface area contributed by atoms with E-state index in [0.717, 1.165) is 114 Å². The van der Waals surface area contributed by atoms with Crippen LogP contribution in [-0.2, 0) is 0 Å². The van der Waals surface area contributed by atoms with Crippen LogP contribution in [0.4, 0.5) is 0 Å². The molecule has 7 nitrogen and oxygen atoms in total. The van der Waals surface area contributed by atoms with Gasteiger partial charge in [0.25, 0.3) is 0 Å². The van der Waals surface area contributed by atoms with Gasteiger partial charge < -0.3 is 27.3 Å². The highest BCUT2D eigenvalue weighted by Crippen LogP contribution is 2.52. The van der Waals surface area contributed by atoms with Crippen LogP contribution in [0.3, 0.4) is 0 Å². The Balaban J connectivity index is 1.35. The average Bonchev–Trinajstić information content (AvgIpc) is 3.52. The van der Waals surface area contributed by atoms with Crippen molar-refractivity contribution in [1.82, 2.24) is 0 Å². The normalized spacial score (nSPS) is 12.4. The van der Waals surface area contributed by atoms with E-state index in [4.69, 9.17) is 31.9 Å². The van der Waals surface area contributed by atoms with E-state index in [1.807, 2.05) is 6.07 Å². The first kappa shape index (κ1) is 39.2. The van der Waals surface area contributed by atoms with Gasteiger partial charge in [0.15, 0.2) is 11.2 Å². The number of ether oxygens (including phenoxy) is 4. The topological polar surface area (TPSA) is 72.4 Å². The van der Waals surface area contributed by atoms with E-state index in [9.17, 15) is 0 Å². The Kier molecular flexibility index (Phi) is 9.27. The van der Waals surface area contributed by atoms with Crippen molar-refractivity contribution in [3.05, 3.63) is 157 Å². The Labute approximate surface area is 374 Å². The quantitative estimate of drug-likeness (QED) is 0.141. The molecule has 0 aliphatic carbocycles. The second-order valence-corrected chi connectivity index (χ2v) is 17.7. The summed E-state index contributed by atoms with van der Waals surface area (Å²) in [6.07, 6.45) is 0. The van der Waals surface area contributed by atoms with Crippen LogP contribution in [0.1, 0.15) is 18.4 Å². The molecular formula is C57H43O7P. The number of methoxy groups -OCH3 is 4. The summed E-state index contributed by atoms with van der Waals surface area (Å²) in [6, 6.07) is 53.0. The average molecular weight is 871 g/mol. The largest absolute Gasteiger partial charge is 0.496 e. The lowest BCUT2D eigenvalue weighted by Crippen LogP contribution is -2.05. The summed E-state index contributed by atoms with van der Waals surface area (Å²) in [5, 5.41) is 17.7. The molecule has 0 unspecified atom stereocenters. The molecule has 0 fully saturated rings. The minimum absolute atomic E-state index is 0.0501. The maximum atomic E-state index is 7.38. The van der Waals surface area contributed by atoms with Crippen molar-refractivity contribution in [2.24, 2.45) is 0 Å². The molecule has 12 aromatic rings. The van der Waals surface area contributed by atoms with E-state index in [1.54, 1.807) is 28.4 Å². The summed E-state index contributed by atoms with van der Waals surface area (Å²) >= 11 is 0. The zero-order valence-corrected chi connectivity index (χ0v) is 37.4.